The van der Waals surface area contributed by atoms with Crippen LogP contribution in [0, 0.1) is 0 Å². The van der Waals surface area contributed by atoms with Crippen LogP contribution in [0.15, 0.2) is 95.5 Å². The van der Waals surface area contributed by atoms with Crippen molar-refractivity contribution in [1.82, 2.24) is 0 Å². The highest BCUT2D eigenvalue weighted by Crippen LogP contribution is 2.33. The molecule has 0 spiro atoms. The molecular formula is C22H15Br. The molecular weight excluding hydrogens is 344 g/mol. The minimum atomic E-state index is 1.10. The fraction of sp³-hybridized carbons (Fsp3) is 0. The van der Waals surface area contributed by atoms with Gasteiger partial charge in [-0.2, -0.15) is 0 Å². The third-order valence-electron chi connectivity index (χ3n) is 4.12. The zero-order chi connectivity index (χ0) is 15.6. The first-order chi connectivity index (χ1) is 11.3. The minimum Gasteiger partial charge on any atom is -0.0622 e. The van der Waals surface area contributed by atoms with Gasteiger partial charge < -0.3 is 0 Å². The van der Waals surface area contributed by atoms with Crippen molar-refractivity contribution in [2.45, 2.75) is 0 Å². The monoisotopic (exact) mass is 358 g/mol. The third-order valence-corrected chi connectivity index (χ3v) is 4.62. The molecule has 23 heavy (non-hydrogen) atoms. The first kappa shape index (κ1) is 14.2. The van der Waals surface area contributed by atoms with Crippen molar-refractivity contribution in [2.75, 3.05) is 0 Å². The molecule has 0 unspecified atom stereocenters. The first-order valence-electron chi connectivity index (χ1n) is 7.65. The highest BCUT2D eigenvalue weighted by Gasteiger charge is 2.06. The van der Waals surface area contributed by atoms with Gasteiger partial charge in [0, 0.05) is 4.47 Å². The van der Waals surface area contributed by atoms with Gasteiger partial charge in [0.2, 0.25) is 0 Å². The van der Waals surface area contributed by atoms with Gasteiger partial charge in [0.1, 0.15) is 0 Å². The third kappa shape index (κ3) is 2.80. The van der Waals surface area contributed by atoms with E-state index in [1.165, 1.54) is 33.0 Å². The lowest BCUT2D eigenvalue weighted by atomic mass is 9.95. The molecule has 4 aromatic rings. The summed E-state index contributed by atoms with van der Waals surface area (Å²) in [6.45, 7) is 0. The van der Waals surface area contributed by atoms with Crippen LogP contribution in [0.25, 0.3) is 33.0 Å². The molecule has 0 aromatic heterocycles. The Hall–Kier alpha value is -2.38. The van der Waals surface area contributed by atoms with Crippen LogP contribution in [0.1, 0.15) is 0 Å². The lowest BCUT2D eigenvalue weighted by Crippen LogP contribution is -1.84. The molecule has 0 aliphatic carbocycles. The van der Waals surface area contributed by atoms with Crippen LogP contribution in [-0.2, 0) is 0 Å². The fourth-order valence-corrected chi connectivity index (χ4v) is 3.39. The van der Waals surface area contributed by atoms with Gasteiger partial charge in [-0.05, 0) is 51.2 Å². The molecule has 0 nitrogen and oxygen atoms in total. The Balaban J connectivity index is 1.95. The maximum atomic E-state index is 3.57. The van der Waals surface area contributed by atoms with Gasteiger partial charge in [0.05, 0.1) is 0 Å². The van der Waals surface area contributed by atoms with Crippen molar-refractivity contribution in [1.29, 1.82) is 0 Å². The molecule has 0 saturated heterocycles. The zero-order valence-corrected chi connectivity index (χ0v) is 14.1. The average Bonchev–Trinajstić information content (AvgIpc) is 2.61. The maximum Gasteiger partial charge on any atom is 0.0181 e. The Morgan fingerprint density at radius 1 is 0.522 bits per heavy atom. The van der Waals surface area contributed by atoms with Crippen LogP contribution in [0.4, 0.5) is 0 Å². The second-order valence-corrected chi connectivity index (χ2v) is 6.53. The quantitative estimate of drug-likeness (QED) is 0.364. The van der Waals surface area contributed by atoms with Crippen molar-refractivity contribution in [2.24, 2.45) is 0 Å². The van der Waals surface area contributed by atoms with Crippen LogP contribution < -0.4 is 0 Å². The van der Waals surface area contributed by atoms with E-state index in [-0.39, 0.29) is 0 Å². The molecule has 0 aliphatic heterocycles. The summed E-state index contributed by atoms with van der Waals surface area (Å²) in [6.07, 6.45) is 0. The highest BCUT2D eigenvalue weighted by molar-refractivity contribution is 9.10. The van der Waals surface area contributed by atoms with Gasteiger partial charge in [-0.1, -0.05) is 88.7 Å². The van der Waals surface area contributed by atoms with E-state index in [4.69, 9.17) is 0 Å². The van der Waals surface area contributed by atoms with E-state index in [1.54, 1.807) is 0 Å². The summed E-state index contributed by atoms with van der Waals surface area (Å²) in [5.41, 5.74) is 5.00. The van der Waals surface area contributed by atoms with Crippen LogP contribution in [0.2, 0.25) is 0 Å². The summed E-state index contributed by atoms with van der Waals surface area (Å²) >= 11 is 3.57. The molecule has 0 bridgehead atoms. The summed E-state index contributed by atoms with van der Waals surface area (Å²) in [7, 11) is 0. The molecule has 1 heteroatoms. The molecule has 4 rings (SSSR count). The number of halogens is 1. The standard InChI is InChI=1S/C22H15Br/c23-20-10-4-9-19(14-20)21-11-5-8-17-12-13-18(15-22(17)21)16-6-2-1-3-7-16/h1-15H. The topological polar surface area (TPSA) is 0 Å². The average molecular weight is 359 g/mol. The van der Waals surface area contributed by atoms with Crippen molar-refractivity contribution >= 4 is 26.7 Å². The Morgan fingerprint density at radius 3 is 2.13 bits per heavy atom. The Kier molecular flexibility index (Phi) is 3.72. The molecule has 4 aromatic carbocycles. The number of fused-ring (bicyclic) bond motifs is 1. The Labute approximate surface area is 144 Å². The minimum absolute atomic E-state index is 1.10. The second kappa shape index (κ2) is 6.02. The van der Waals surface area contributed by atoms with E-state index in [1.807, 2.05) is 0 Å². The largest absolute Gasteiger partial charge is 0.0622 e. The van der Waals surface area contributed by atoms with Gasteiger partial charge in [-0.15, -0.1) is 0 Å². The van der Waals surface area contributed by atoms with Gasteiger partial charge in [0.25, 0.3) is 0 Å². The second-order valence-electron chi connectivity index (χ2n) is 5.62. The normalized spacial score (nSPS) is 10.8. The van der Waals surface area contributed by atoms with E-state index >= 15 is 0 Å². The van der Waals surface area contributed by atoms with E-state index in [2.05, 4.69) is 107 Å². The molecule has 110 valence electrons. The Morgan fingerprint density at radius 2 is 1.30 bits per heavy atom. The van der Waals surface area contributed by atoms with Crippen LogP contribution in [0.5, 0.6) is 0 Å². The number of benzene rings is 4. The number of rotatable bonds is 2. The molecule has 0 N–H and O–H groups in total. The van der Waals surface area contributed by atoms with Gasteiger partial charge in [-0.3, -0.25) is 0 Å². The summed E-state index contributed by atoms with van der Waals surface area (Å²) in [6, 6.07) is 32.2. The molecule has 0 fully saturated rings. The fourth-order valence-electron chi connectivity index (χ4n) is 2.99. The van der Waals surface area contributed by atoms with Crippen molar-refractivity contribution < 1.29 is 0 Å². The molecule has 0 amide bonds. The van der Waals surface area contributed by atoms with E-state index in [0.29, 0.717) is 0 Å². The van der Waals surface area contributed by atoms with Gasteiger partial charge >= 0.3 is 0 Å². The Bertz CT molecular complexity index is 971. The molecule has 0 atom stereocenters. The van der Waals surface area contributed by atoms with Gasteiger partial charge in [0.15, 0.2) is 0 Å². The van der Waals surface area contributed by atoms with Crippen LogP contribution in [-0.4, -0.2) is 0 Å². The summed E-state index contributed by atoms with van der Waals surface area (Å²) in [4.78, 5) is 0. The van der Waals surface area contributed by atoms with Crippen molar-refractivity contribution in [3.63, 3.8) is 0 Å². The SMILES string of the molecule is Brc1cccc(-c2cccc3ccc(-c4ccccc4)cc23)c1. The van der Waals surface area contributed by atoms with Crippen LogP contribution in [0.3, 0.4) is 0 Å². The molecule has 0 radical (unpaired) electrons. The number of hydrogen-bond acceptors (Lipinski definition) is 0. The van der Waals surface area contributed by atoms with Crippen LogP contribution >= 0.6 is 15.9 Å². The predicted octanol–water partition coefficient (Wildman–Crippen LogP) is 6.94. The smallest absolute Gasteiger partial charge is 0.0181 e. The molecule has 0 saturated carbocycles. The molecule has 0 aliphatic rings. The predicted molar refractivity (Wildman–Crippen MR) is 103 cm³/mol. The summed E-state index contributed by atoms with van der Waals surface area (Å²) < 4.78 is 1.10. The zero-order valence-electron chi connectivity index (χ0n) is 12.5. The van der Waals surface area contributed by atoms with E-state index in [0.717, 1.165) is 4.47 Å². The van der Waals surface area contributed by atoms with E-state index < -0.39 is 0 Å². The first-order valence-corrected chi connectivity index (χ1v) is 8.45. The lowest BCUT2D eigenvalue weighted by molar-refractivity contribution is 1.61. The maximum absolute atomic E-state index is 3.57. The summed E-state index contributed by atoms with van der Waals surface area (Å²) in [5, 5.41) is 2.55. The molecule has 0 heterocycles. The summed E-state index contributed by atoms with van der Waals surface area (Å²) in [5.74, 6) is 0. The van der Waals surface area contributed by atoms with Crippen molar-refractivity contribution in [3.05, 3.63) is 95.5 Å². The van der Waals surface area contributed by atoms with E-state index in [9.17, 15) is 0 Å². The number of hydrogen-bond donors (Lipinski definition) is 0. The highest BCUT2D eigenvalue weighted by atomic mass is 79.9. The van der Waals surface area contributed by atoms with Crippen molar-refractivity contribution in [3.8, 4) is 22.3 Å². The van der Waals surface area contributed by atoms with Gasteiger partial charge in [-0.25, -0.2) is 0 Å². The lowest BCUT2D eigenvalue weighted by Gasteiger charge is -2.10.